The SMILES string of the molecule is CSCC(C)CNC(C)c1c(C)nn(C)c1C. The molecule has 0 spiro atoms. The summed E-state index contributed by atoms with van der Waals surface area (Å²) in [6.07, 6.45) is 2.16. The second-order valence-corrected chi connectivity index (χ2v) is 5.81. The first-order valence-corrected chi connectivity index (χ1v) is 7.59. The van der Waals surface area contributed by atoms with Crippen LogP contribution in [0, 0.1) is 19.8 Å². The Morgan fingerprint density at radius 1 is 1.35 bits per heavy atom. The Hall–Kier alpha value is -0.480. The number of thioether (sulfide) groups is 1. The van der Waals surface area contributed by atoms with Gasteiger partial charge in [-0.25, -0.2) is 0 Å². The summed E-state index contributed by atoms with van der Waals surface area (Å²) in [4.78, 5) is 0. The molecule has 0 bridgehead atoms. The first-order chi connectivity index (χ1) is 7.97. The zero-order chi connectivity index (χ0) is 13.0. The van der Waals surface area contributed by atoms with Crippen LogP contribution in [-0.4, -0.2) is 28.3 Å². The molecule has 0 aliphatic rings. The lowest BCUT2D eigenvalue weighted by Gasteiger charge is -2.18. The van der Waals surface area contributed by atoms with E-state index in [0.29, 0.717) is 12.0 Å². The van der Waals surface area contributed by atoms with Gasteiger partial charge in [0.15, 0.2) is 0 Å². The van der Waals surface area contributed by atoms with E-state index in [2.05, 4.69) is 44.4 Å². The van der Waals surface area contributed by atoms with E-state index in [9.17, 15) is 0 Å². The molecule has 0 saturated carbocycles. The van der Waals surface area contributed by atoms with Crippen molar-refractivity contribution in [1.82, 2.24) is 15.1 Å². The van der Waals surface area contributed by atoms with Gasteiger partial charge in [-0.1, -0.05) is 6.92 Å². The molecule has 4 heteroatoms. The summed E-state index contributed by atoms with van der Waals surface area (Å²) in [6.45, 7) is 9.81. The minimum atomic E-state index is 0.382. The molecule has 2 unspecified atom stereocenters. The van der Waals surface area contributed by atoms with Crippen LogP contribution in [0.3, 0.4) is 0 Å². The number of nitrogens with zero attached hydrogens (tertiary/aromatic N) is 2. The number of hydrogen-bond acceptors (Lipinski definition) is 3. The molecular weight excluding hydrogens is 230 g/mol. The lowest BCUT2D eigenvalue weighted by Crippen LogP contribution is -2.26. The van der Waals surface area contributed by atoms with Gasteiger partial charge in [0.05, 0.1) is 5.69 Å². The van der Waals surface area contributed by atoms with Crippen LogP contribution in [0.4, 0.5) is 0 Å². The van der Waals surface area contributed by atoms with Crippen molar-refractivity contribution in [2.24, 2.45) is 13.0 Å². The molecule has 0 aliphatic carbocycles. The van der Waals surface area contributed by atoms with Crippen LogP contribution >= 0.6 is 11.8 Å². The number of hydrogen-bond donors (Lipinski definition) is 1. The Balaban J connectivity index is 2.61. The molecule has 3 nitrogen and oxygen atoms in total. The van der Waals surface area contributed by atoms with E-state index < -0.39 is 0 Å². The molecule has 0 radical (unpaired) electrons. The standard InChI is InChI=1S/C13H25N3S/c1-9(8-17-6)7-14-10(2)13-11(3)15-16(5)12(13)4/h9-10,14H,7-8H2,1-6H3. The highest BCUT2D eigenvalue weighted by Gasteiger charge is 2.16. The lowest BCUT2D eigenvalue weighted by atomic mass is 10.1. The largest absolute Gasteiger partial charge is 0.310 e. The fourth-order valence-electron chi connectivity index (χ4n) is 2.24. The summed E-state index contributed by atoms with van der Waals surface area (Å²) in [5.41, 5.74) is 3.76. The molecular formula is C13H25N3S. The Kier molecular flexibility index (Phi) is 5.53. The molecule has 1 aromatic rings. The van der Waals surface area contributed by atoms with E-state index in [1.807, 2.05) is 23.5 Å². The number of rotatable bonds is 6. The monoisotopic (exact) mass is 255 g/mol. The number of aryl methyl sites for hydroxylation is 2. The molecule has 0 amide bonds. The zero-order valence-corrected chi connectivity index (χ0v) is 12.7. The lowest BCUT2D eigenvalue weighted by molar-refractivity contribution is 0.498. The third kappa shape index (κ3) is 3.75. The van der Waals surface area contributed by atoms with E-state index in [1.165, 1.54) is 17.0 Å². The summed E-state index contributed by atoms with van der Waals surface area (Å²) in [5.74, 6) is 1.93. The van der Waals surface area contributed by atoms with Gasteiger partial charge in [-0.3, -0.25) is 4.68 Å². The number of nitrogens with one attached hydrogen (secondary N) is 1. The molecule has 0 saturated heterocycles. The molecule has 0 aromatic carbocycles. The van der Waals surface area contributed by atoms with Crippen molar-refractivity contribution in [3.8, 4) is 0 Å². The van der Waals surface area contributed by atoms with Crippen molar-refractivity contribution in [3.05, 3.63) is 17.0 Å². The molecule has 1 rings (SSSR count). The third-order valence-electron chi connectivity index (χ3n) is 3.22. The summed E-state index contributed by atoms with van der Waals surface area (Å²) >= 11 is 1.91. The third-order valence-corrected chi connectivity index (χ3v) is 4.12. The average Bonchev–Trinajstić information content (AvgIpc) is 2.50. The topological polar surface area (TPSA) is 29.9 Å². The van der Waals surface area contributed by atoms with Crippen LogP contribution in [0.5, 0.6) is 0 Å². The predicted molar refractivity (Wildman–Crippen MR) is 76.6 cm³/mol. The highest BCUT2D eigenvalue weighted by atomic mass is 32.2. The average molecular weight is 255 g/mol. The molecule has 17 heavy (non-hydrogen) atoms. The maximum absolute atomic E-state index is 4.47. The maximum atomic E-state index is 4.47. The Morgan fingerprint density at radius 2 is 2.00 bits per heavy atom. The highest BCUT2D eigenvalue weighted by Crippen LogP contribution is 2.20. The van der Waals surface area contributed by atoms with Gasteiger partial charge in [0.1, 0.15) is 0 Å². The van der Waals surface area contributed by atoms with Gasteiger partial charge in [0, 0.05) is 24.3 Å². The molecule has 1 heterocycles. The second kappa shape index (κ2) is 6.45. The van der Waals surface area contributed by atoms with Crippen LogP contribution in [0.2, 0.25) is 0 Å². The van der Waals surface area contributed by atoms with Crippen LogP contribution in [0.1, 0.15) is 36.8 Å². The summed E-state index contributed by atoms with van der Waals surface area (Å²) in [7, 11) is 2.01. The molecule has 98 valence electrons. The van der Waals surface area contributed by atoms with Crippen LogP contribution in [0.25, 0.3) is 0 Å². The van der Waals surface area contributed by atoms with Gasteiger partial charge in [-0.15, -0.1) is 0 Å². The minimum Gasteiger partial charge on any atom is -0.310 e. The van der Waals surface area contributed by atoms with Crippen molar-refractivity contribution < 1.29 is 0 Å². The predicted octanol–water partition coefficient (Wildman–Crippen LogP) is 2.69. The summed E-state index contributed by atoms with van der Waals surface area (Å²) in [5, 5.41) is 8.08. The number of aromatic nitrogens is 2. The van der Waals surface area contributed by atoms with Crippen LogP contribution in [-0.2, 0) is 7.05 Å². The van der Waals surface area contributed by atoms with E-state index in [-0.39, 0.29) is 0 Å². The van der Waals surface area contributed by atoms with Crippen molar-refractivity contribution in [2.45, 2.75) is 33.7 Å². The van der Waals surface area contributed by atoms with E-state index in [4.69, 9.17) is 0 Å². The zero-order valence-electron chi connectivity index (χ0n) is 11.9. The van der Waals surface area contributed by atoms with Gasteiger partial charge in [-0.2, -0.15) is 16.9 Å². The Morgan fingerprint density at radius 3 is 2.47 bits per heavy atom. The smallest absolute Gasteiger partial charge is 0.0644 e. The van der Waals surface area contributed by atoms with Crippen LogP contribution < -0.4 is 5.32 Å². The van der Waals surface area contributed by atoms with Crippen molar-refractivity contribution >= 4 is 11.8 Å². The first kappa shape index (κ1) is 14.6. The van der Waals surface area contributed by atoms with Crippen LogP contribution in [0.15, 0.2) is 0 Å². The second-order valence-electron chi connectivity index (χ2n) is 4.90. The van der Waals surface area contributed by atoms with Gasteiger partial charge < -0.3 is 5.32 Å². The Labute approximate surface area is 109 Å². The van der Waals surface area contributed by atoms with Gasteiger partial charge in [0.2, 0.25) is 0 Å². The van der Waals surface area contributed by atoms with Gasteiger partial charge >= 0.3 is 0 Å². The molecule has 0 fully saturated rings. The highest BCUT2D eigenvalue weighted by molar-refractivity contribution is 7.98. The first-order valence-electron chi connectivity index (χ1n) is 6.19. The molecule has 0 aliphatic heterocycles. The minimum absolute atomic E-state index is 0.382. The van der Waals surface area contributed by atoms with Gasteiger partial charge in [0.25, 0.3) is 0 Å². The Bertz CT molecular complexity index is 360. The van der Waals surface area contributed by atoms with Crippen molar-refractivity contribution in [2.75, 3.05) is 18.6 Å². The summed E-state index contributed by atoms with van der Waals surface area (Å²) < 4.78 is 1.97. The van der Waals surface area contributed by atoms with Crippen molar-refractivity contribution in [3.63, 3.8) is 0 Å². The van der Waals surface area contributed by atoms with Gasteiger partial charge in [-0.05, 0) is 45.2 Å². The van der Waals surface area contributed by atoms with E-state index in [1.54, 1.807) is 0 Å². The van der Waals surface area contributed by atoms with E-state index in [0.717, 1.165) is 12.2 Å². The quantitative estimate of drug-likeness (QED) is 0.847. The maximum Gasteiger partial charge on any atom is 0.0644 e. The van der Waals surface area contributed by atoms with Crippen molar-refractivity contribution in [1.29, 1.82) is 0 Å². The summed E-state index contributed by atoms with van der Waals surface area (Å²) in [6, 6.07) is 0.382. The fourth-order valence-corrected chi connectivity index (χ4v) is 2.93. The normalized spacial score (nSPS) is 14.9. The molecule has 1 N–H and O–H groups in total. The molecule has 2 atom stereocenters. The molecule has 1 aromatic heterocycles. The van der Waals surface area contributed by atoms with E-state index >= 15 is 0 Å². The fraction of sp³-hybridized carbons (Fsp3) is 0.769.